The van der Waals surface area contributed by atoms with E-state index >= 15 is 0 Å². The summed E-state index contributed by atoms with van der Waals surface area (Å²) < 4.78 is 12.7. The number of nitrogens with one attached hydrogen (secondary N) is 2. The molecule has 3 aromatic rings. The zero-order valence-corrected chi connectivity index (χ0v) is 18.5. The summed E-state index contributed by atoms with van der Waals surface area (Å²) in [7, 11) is 1.63. The zero-order valence-electron chi connectivity index (χ0n) is 18.5. The first-order chi connectivity index (χ1) is 15.4. The zero-order chi connectivity index (χ0) is 23.1. The van der Waals surface area contributed by atoms with Gasteiger partial charge in [0.05, 0.1) is 25.6 Å². The highest BCUT2D eigenvalue weighted by Gasteiger charge is 2.15. The van der Waals surface area contributed by atoms with Crippen LogP contribution in [0.2, 0.25) is 0 Å². The van der Waals surface area contributed by atoms with Crippen LogP contribution in [-0.4, -0.2) is 36.3 Å². The van der Waals surface area contributed by atoms with E-state index in [0.717, 1.165) is 28.4 Å². The lowest BCUT2D eigenvalue weighted by molar-refractivity contribution is -0.136. The van der Waals surface area contributed by atoms with E-state index in [9.17, 15) is 9.59 Å². The molecule has 0 aliphatic rings. The minimum Gasteiger partial charge on any atom is -0.497 e. The first-order valence-corrected chi connectivity index (χ1v) is 10.1. The molecule has 8 heteroatoms. The van der Waals surface area contributed by atoms with Crippen molar-refractivity contribution in [3.05, 3.63) is 71.5 Å². The molecule has 2 amide bonds. The van der Waals surface area contributed by atoms with E-state index in [1.807, 2.05) is 51.1 Å². The largest absolute Gasteiger partial charge is 0.497 e. The van der Waals surface area contributed by atoms with Crippen molar-refractivity contribution in [1.29, 1.82) is 0 Å². The van der Waals surface area contributed by atoms with Crippen LogP contribution in [0.3, 0.4) is 0 Å². The third kappa shape index (κ3) is 5.15. The number of hydrogen-bond donors (Lipinski definition) is 2. The number of carbonyl (C=O) groups is 2. The van der Waals surface area contributed by atoms with Gasteiger partial charge in [-0.1, -0.05) is 12.1 Å². The average Bonchev–Trinajstić information content (AvgIpc) is 3.08. The molecule has 3 rings (SSSR count). The Hall–Kier alpha value is -4.07. The van der Waals surface area contributed by atoms with Gasteiger partial charge in [-0.2, -0.15) is 5.10 Å². The minimum atomic E-state index is -0.878. The highest BCUT2D eigenvalue weighted by Crippen LogP contribution is 2.24. The Labute approximate surface area is 186 Å². The van der Waals surface area contributed by atoms with Crippen molar-refractivity contribution < 1.29 is 19.1 Å². The standard InChI is InChI=1S/C24H26N4O4/c1-5-32-22-9-7-6-8-21(22)26-23(29)24(30)27-25-15-18-14-16(2)28(17(18)3)19-10-12-20(31-4)13-11-19/h6-15H,5H2,1-4H3,(H,26,29)(H,27,30)/b25-15-. The predicted octanol–water partition coefficient (Wildman–Crippen LogP) is 3.59. The number of carbonyl (C=O) groups excluding carboxylic acids is 2. The quantitative estimate of drug-likeness (QED) is 0.338. The highest BCUT2D eigenvalue weighted by molar-refractivity contribution is 6.39. The number of benzene rings is 2. The molecule has 0 unspecified atom stereocenters. The number of aromatic nitrogens is 1. The van der Waals surface area contributed by atoms with Crippen LogP contribution >= 0.6 is 0 Å². The number of para-hydroxylation sites is 2. The van der Waals surface area contributed by atoms with Gasteiger partial charge in [-0.15, -0.1) is 0 Å². The predicted molar refractivity (Wildman–Crippen MR) is 124 cm³/mol. The number of nitrogens with zero attached hydrogens (tertiary/aromatic N) is 2. The molecule has 1 heterocycles. The first-order valence-electron chi connectivity index (χ1n) is 10.1. The van der Waals surface area contributed by atoms with Gasteiger partial charge >= 0.3 is 11.8 Å². The number of rotatable bonds is 7. The van der Waals surface area contributed by atoms with E-state index < -0.39 is 11.8 Å². The SMILES string of the molecule is CCOc1ccccc1NC(=O)C(=O)N/N=C\c1cc(C)n(-c2ccc(OC)cc2)c1C. The van der Waals surface area contributed by atoms with Gasteiger partial charge in [-0.25, -0.2) is 5.43 Å². The molecular weight excluding hydrogens is 408 g/mol. The summed E-state index contributed by atoms with van der Waals surface area (Å²) in [5.74, 6) is -0.442. The smallest absolute Gasteiger partial charge is 0.329 e. The van der Waals surface area contributed by atoms with Crippen molar-refractivity contribution >= 4 is 23.7 Å². The van der Waals surface area contributed by atoms with Gasteiger partial charge in [0.25, 0.3) is 0 Å². The van der Waals surface area contributed by atoms with Crippen LogP contribution in [0.25, 0.3) is 5.69 Å². The fourth-order valence-electron chi connectivity index (χ4n) is 3.29. The van der Waals surface area contributed by atoms with Gasteiger partial charge in [-0.05, 0) is 63.2 Å². The molecule has 0 saturated heterocycles. The van der Waals surface area contributed by atoms with E-state index in [2.05, 4.69) is 20.4 Å². The molecule has 0 atom stereocenters. The summed E-state index contributed by atoms with van der Waals surface area (Å²) in [5, 5.41) is 6.48. The molecule has 0 bridgehead atoms. The Balaban J connectivity index is 1.67. The fraction of sp³-hybridized carbons (Fsp3) is 0.208. The first kappa shape index (κ1) is 22.6. The second-order valence-corrected chi connectivity index (χ2v) is 6.94. The van der Waals surface area contributed by atoms with Gasteiger partial charge in [0.2, 0.25) is 0 Å². The molecule has 0 spiro atoms. The fourth-order valence-corrected chi connectivity index (χ4v) is 3.29. The molecule has 2 aromatic carbocycles. The van der Waals surface area contributed by atoms with Crippen molar-refractivity contribution in [3.63, 3.8) is 0 Å². The van der Waals surface area contributed by atoms with Gasteiger partial charge in [0.1, 0.15) is 11.5 Å². The molecule has 0 saturated carbocycles. The van der Waals surface area contributed by atoms with E-state index in [-0.39, 0.29) is 0 Å². The summed E-state index contributed by atoms with van der Waals surface area (Å²) in [6.07, 6.45) is 1.52. The topological polar surface area (TPSA) is 94.0 Å². The molecular formula is C24H26N4O4. The van der Waals surface area contributed by atoms with Crippen molar-refractivity contribution in [1.82, 2.24) is 9.99 Å². The maximum atomic E-state index is 12.2. The highest BCUT2D eigenvalue weighted by atomic mass is 16.5. The van der Waals surface area contributed by atoms with Gasteiger partial charge in [-0.3, -0.25) is 9.59 Å². The van der Waals surface area contributed by atoms with E-state index in [1.54, 1.807) is 31.4 Å². The van der Waals surface area contributed by atoms with Gasteiger partial charge in [0.15, 0.2) is 0 Å². The maximum absolute atomic E-state index is 12.2. The van der Waals surface area contributed by atoms with Crippen molar-refractivity contribution in [2.24, 2.45) is 5.10 Å². The van der Waals surface area contributed by atoms with E-state index in [0.29, 0.717) is 18.0 Å². The molecule has 1 aromatic heterocycles. The number of anilines is 1. The molecule has 166 valence electrons. The number of aryl methyl sites for hydroxylation is 1. The second-order valence-electron chi connectivity index (χ2n) is 6.94. The van der Waals surface area contributed by atoms with Crippen molar-refractivity contribution in [2.75, 3.05) is 19.0 Å². The molecule has 0 aliphatic carbocycles. The normalized spacial score (nSPS) is 10.8. The lowest BCUT2D eigenvalue weighted by Gasteiger charge is -2.10. The number of ether oxygens (including phenoxy) is 2. The Morgan fingerprint density at radius 3 is 2.47 bits per heavy atom. The third-order valence-corrected chi connectivity index (χ3v) is 4.81. The van der Waals surface area contributed by atoms with Crippen molar-refractivity contribution in [2.45, 2.75) is 20.8 Å². The van der Waals surface area contributed by atoms with Crippen LogP contribution in [0, 0.1) is 13.8 Å². The Kier molecular flexibility index (Phi) is 7.28. The third-order valence-electron chi connectivity index (χ3n) is 4.81. The van der Waals surface area contributed by atoms with Crippen molar-refractivity contribution in [3.8, 4) is 17.2 Å². The Morgan fingerprint density at radius 1 is 1.06 bits per heavy atom. The Bertz CT molecular complexity index is 1130. The average molecular weight is 434 g/mol. The second kappa shape index (κ2) is 10.3. The summed E-state index contributed by atoms with van der Waals surface area (Å²) in [6.45, 7) is 6.22. The molecule has 0 radical (unpaired) electrons. The maximum Gasteiger partial charge on any atom is 0.329 e. The molecule has 32 heavy (non-hydrogen) atoms. The monoisotopic (exact) mass is 434 g/mol. The summed E-state index contributed by atoms with van der Waals surface area (Å²) in [5.41, 5.74) is 6.44. The Morgan fingerprint density at radius 2 is 1.78 bits per heavy atom. The lowest BCUT2D eigenvalue weighted by atomic mass is 10.2. The summed E-state index contributed by atoms with van der Waals surface area (Å²) in [4.78, 5) is 24.4. The number of amides is 2. The number of methoxy groups -OCH3 is 1. The van der Waals surface area contributed by atoms with E-state index in [4.69, 9.17) is 9.47 Å². The van der Waals surface area contributed by atoms with E-state index in [1.165, 1.54) is 6.21 Å². The van der Waals surface area contributed by atoms with Crippen LogP contribution < -0.4 is 20.2 Å². The molecule has 8 nitrogen and oxygen atoms in total. The van der Waals surface area contributed by atoms with Crippen LogP contribution in [0.5, 0.6) is 11.5 Å². The molecule has 0 aliphatic heterocycles. The summed E-state index contributed by atoms with van der Waals surface area (Å²) >= 11 is 0. The van der Waals surface area contributed by atoms with Crippen LogP contribution in [0.4, 0.5) is 5.69 Å². The lowest BCUT2D eigenvalue weighted by Crippen LogP contribution is -2.32. The molecule has 0 fully saturated rings. The van der Waals surface area contributed by atoms with Gasteiger partial charge in [0, 0.05) is 22.6 Å². The number of hydrazone groups is 1. The van der Waals surface area contributed by atoms with Crippen LogP contribution in [0.1, 0.15) is 23.9 Å². The van der Waals surface area contributed by atoms with Gasteiger partial charge < -0.3 is 19.4 Å². The van der Waals surface area contributed by atoms with Crippen LogP contribution in [0.15, 0.2) is 59.7 Å². The molecule has 2 N–H and O–H groups in total. The summed E-state index contributed by atoms with van der Waals surface area (Å²) in [6, 6.07) is 16.6. The van der Waals surface area contributed by atoms with Crippen LogP contribution in [-0.2, 0) is 9.59 Å². The minimum absolute atomic E-state index is 0.418. The number of hydrogen-bond acceptors (Lipinski definition) is 5.